The van der Waals surface area contributed by atoms with Crippen molar-refractivity contribution in [3.63, 3.8) is 0 Å². The highest BCUT2D eigenvalue weighted by Gasteiger charge is 2.42. The molecule has 2 N–H and O–H groups in total. The highest BCUT2D eigenvalue weighted by molar-refractivity contribution is 7.08. The molecule has 4 heterocycles. The number of nitrogens with one attached hydrogen (secondary N) is 2. The lowest BCUT2D eigenvalue weighted by molar-refractivity contribution is 0.0782. The van der Waals surface area contributed by atoms with E-state index < -0.39 is 0 Å². The molecule has 0 aliphatic carbocycles. The summed E-state index contributed by atoms with van der Waals surface area (Å²) in [6.07, 6.45) is 5.11. The molecule has 0 radical (unpaired) electrons. The highest BCUT2D eigenvalue weighted by atomic mass is 32.1. The molecule has 0 bridgehead atoms. The fraction of sp³-hybridized carbons (Fsp3) is 0.467. The summed E-state index contributed by atoms with van der Waals surface area (Å²) in [5, 5.41) is 14.7. The van der Waals surface area contributed by atoms with Gasteiger partial charge in [0, 0.05) is 29.6 Å². The molecule has 110 valence electrons. The summed E-state index contributed by atoms with van der Waals surface area (Å²) in [7, 11) is 0. The number of carbonyl (C=O) groups is 1. The summed E-state index contributed by atoms with van der Waals surface area (Å²) in [4.78, 5) is 14.8. The van der Waals surface area contributed by atoms with E-state index >= 15 is 0 Å². The summed E-state index contributed by atoms with van der Waals surface area (Å²) in [6.45, 7) is 2.73. The number of hydrogen-bond donors (Lipinski definition) is 2. The second kappa shape index (κ2) is 4.96. The smallest absolute Gasteiger partial charge is 0.257 e. The molecule has 2 fully saturated rings. The van der Waals surface area contributed by atoms with Crippen LogP contribution in [0.4, 0.5) is 0 Å². The number of amides is 1. The minimum absolute atomic E-state index is 0.0931. The van der Waals surface area contributed by atoms with E-state index in [1.807, 2.05) is 21.7 Å². The van der Waals surface area contributed by atoms with Crippen molar-refractivity contribution in [2.75, 3.05) is 19.6 Å². The van der Waals surface area contributed by atoms with Gasteiger partial charge >= 0.3 is 0 Å². The van der Waals surface area contributed by atoms with Gasteiger partial charge in [-0.3, -0.25) is 9.89 Å². The van der Waals surface area contributed by atoms with Gasteiger partial charge in [0.05, 0.1) is 17.5 Å². The van der Waals surface area contributed by atoms with Gasteiger partial charge < -0.3 is 10.2 Å². The van der Waals surface area contributed by atoms with Crippen LogP contribution in [0.1, 0.15) is 29.6 Å². The first-order valence-electron chi connectivity index (χ1n) is 7.38. The van der Waals surface area contributed by atoms with Crippen LogP contribution in [-0.4, -0.2) is 46.2 Å². The van der Waals surface area contributed by atoms with E-state index in [1.165, 1.54) is 12.8 Å². The van der Waals surface area contributed by atoms with Gasteiger partial charge in [-0.1, -0.05) is 0 Å². The first-order chi connectivity index (χ1) is 10.3. The number of aromatic nitrogens is 2. The van der Waals surface area contributed by atoms with Crippen LogP contribution < -0.4 is 5.32 Å². The molecule has 1 atom stereocenters. The Hall–Kier alpha value is -1.66. The molecule has 6 heteroatoms. The number of aromatic amines is 1. The number of rotatable bonds is 2. The van der Waals surface area contributed by atoms with Crippen molar-refractivity contribution in [3.8, 4) is 11.3 Å². The first-order valence-corrected chi connectivity index (χ1v) is 8.32. The molecule has 2 aromatic heterocycles. The third kappa shape index (κ3) is 2.18. The molecule has 2 aliphatic rings. The number of likely N-dealkylation sites (tertiary alicyclic amines) is 1. The van der Waals surface area contributed by atoms with Gasteiger partial charge in [0.25, 0.3) is 5.91 Å². The Labute approximate surface area is 127 Å². The van der Waals surface area contributed by atoms with Gasteiger partial charge in [0.15, 0.2) is 0 Å². The summed E-state index contributed by atoms with van der Waals surface area (Å²) >= 11 is 1.62. The van der Waals surface area contributed by atoms with Crippen LogP contribution >= 0.6 is 11.3 Å². The average Bonchev–Trinajstić information content (AvgIpc) is 3.28. The van der Waals surface area contributed by atoms with Crippen molar-refractivity contribution >= 4 is 17.2 Å². The van der Waals surface area contributed by atoms with Crippen LogP contribution in [0.25, 0.3) is 11.3 Å². The largest absolute Gasteiger partial charge is 0.337 e. The van der Waals surface area contributed by atoms with Crippen LogP contribution in [0.15, 0.2) is 23.0 Å². The summed E-state index contributed by atoms with van der Waals surface area (Å²) in [5.41, 5.74) is 2.72. The van der Waals surface area contributed by atoms with Crippen LogP contribution in [0.2, 0.25) is 0 Å². The Balaban J connectivity index is 1.58. The Morgan fingerprint density at radius 2 is 2.38 bits per heavy atom. The van der Waals surface area contributed by atoms with E-state index in [0.717, 1.165) is 37.3 Å². The third-order valence-corrected chi connectivity index (χ3v) is 5.34. The maximum Gasteiger partial charge on any atom is 0.257 e. The van der Waals surface area contributed by atoms with Crippen molar-refractivity contribution in [2.24, 2.45) is 0 Å². The first kappa shape index (κ1) is 13.0. The second-order valence-corrected chi connectivity index (χ2v) is 6.74. The van der Waals surface area contributed by atoms with Crippen LogP contribution in [0.5, 0.6) is 0 Å². The lowest BCUT2D eigenvalue weighted by Crippen LogP contribution is -2.43. The molecule has 5 nitrogen and oxygen atoms in total. The maximum atomic E-state index is 12.8. The molecule has 1 amide bonds. The predicted octanol–water partition coefficient (Wildman–Crippen LogP) is 2.11. The van der Waals surface area contributed by atoms with E-state index in [2.05, 4.69) is 15.5 Å². The zero-order valence-electron chi connectivity index (χ0n) is 11.8. The summed E-state index contributed by atoms with van der Waals surface area (Å²) in [5.74, 6) is 0.0931. The average molecular weight is 302 g/mol. The topological polar surface area (TPSA) is 61.0 Å². The van der Waals surface area contributed by atoms with E-state index in [4.69, 9.17) is 0 Å². The number of H-pyrrole nitrogens is 1. The van der Waals surface area contributed by atoms with Gasteiger partial charge in [-0.2, -0.15) is 16.4 Å². The van der Waals surface area contributed by atoms with Gasteiger partial charge in [-0.15, -0.1) is 0 Å². The molecule has 1 spiro atoms. The number of hydrogen-bond acceptors (Lipinski definition) is 4. The van der Waals surface area contributed by atoms with E-state index in [-0.39, 0.29) is 11.4 Å². The SMILES string of the molecule is O=C(c1cn[nH]c1-c1ccsc1)N1CCC2(CCCN2)C1. The zero-order chi connectivity index (χ0) is 14.3. The van der Waals surface area contributed by atoms with Crippen molar-refractivity contribution in [3.05, 3.63) is 28.6 Å². The normalized spacial score (nSPS) is 25.0. The summed E-state index contributed by atoms with van der Waals surface area (Å²) in [6, 6.07) is 2.01. The molecule has 4 rings (SSSR count). The second-order valence-electron chi connectivity index (χ2n) is 5.96. The minimum atomic E-state index is 0.0931. The molecule has 21 heavy (non-hydrogen) atoms. The zero-order valence-corrected chi connectivity index (χ0v) is 12.6. The van der Waals surface area contributed by atoms with E-state index in [9.17, 15) is 4.79 Å². The molecule has 2 saturated heterocycles. The molecular weight excluding hydrogens is 284 g/mol. The van der Waals surface area contributed by atoms with E-state index in [0.29, 0.717) is 5.56 Å². The predicted molar refractivity (Wildman–Crippen MR) is 82.4 cm³/mol. The monoisotopic (exact) mass is 302 g/mol. The van der Waals surface area contributed by atoms with E-state index in [1.54, 1.807) is 17.5 Å². The Morgan fingerprint density at radius 3 is 3.14 bits per heavy atom. The van der Waals surface area contributed by atoms with Crippen molar-refractivity contribution in [1.82, 2.24) is 20.4 Å². The van der Waals surface area contributed by atoms with Gasteiger partial charge in [0.2, 0.25) is 0 Å². The number of thiophene rings is 1. The molecule has 0 aromatic carbocycles. The van der Waals surface area contributed by atoms with Crippen molar-refractivity contribution < 1.29 is 4.79 Å². The maximum absolute atomic E-state index is 12.8. The van der Waals surface area contributed by atoms with Crippen LogP contribution in [-0.2, 0) is 0 Å². The Morgan fingerprint density at radius 1 is 1.43 bits per heavy atom. The molecule has 2 aliphatic heterocycles. The van der Waals surface area contributed by atoms with Gasteiger partial charge in [-0.25, -0.2) is 0 Å². The minimum Gasteiger partial charge on any atom is -0.337 e. The third-order valence-electron chi connectivity index (χ3n) is 4.65. The fourth-order valence-corrected chi connectivity index (χ4v) is 4.16. The molecule has 0 saturated carbocycles. The quantitative estimate of drug-likeness (QED) is 0.893. The molecule has 2 aromatic rings. The number of carbonyl (C=O) groups excluding carboxylic acids is 1. The Bertz CT molecular complexity index is 642. The molecular formula is C15H18N4OS. The van der Waals surface area contributed by atoms with Gasteiger partial charge in [-0.05, 0) is 37.3 Å². The number of nitrogens with zero attached hydrogens (tertiary/aromatic N) is 2. The Kier molecular flexibility index (Phi) is 3.08. The highest BCUT2D eigenvalue weighted by Crippen LogP contribution is 2.32. The summed E-state index contributed by atoms with van der Waals surface area (Å²) < 4.78 is 0. The van der Waals surface area contributed by atoms with Crippen molar-refractivity contribution in [1.29, 1.82) is 0 Å². The fourth-order valence-electron chi connectivity index (χ4n) is 3.51. The van der Waals surface area contributed by atoms with Crippen molar-refractivity contribution in [2.45, 2.75) is 24.8 Å². The van der Waals surface area contributed by atoms with Crippen LogP contribution in [0.3, 0.4) is 0 Å². The van der Waals surface area contributed by atoms with Crippen LogP contribution in [0, 0.1) is 0 Å². The lowest BCUT2D eigenvalue weighted by atomic mass is 9.97. The standard InChI is InChI=1S/C15H18N4OS/c20-14(19-6-4-15(10-19)3-1-5-16-15)12-8-17-18-13(12)11-2-7-21-9-11/h2,7-9,16H,1,3-6,10H2,(H,17,18). The van der Waals surface area contributed by atoms with Gasteiger partial charge in [0.1, 0.15) is 0 Å². The molecule has 1 unspecified atom stereocenters. The lowest BCUT2D eigenvalue weighted by Gasteiger charge is -2.24.